The maximum atomic E-state index is 13.0. The zero-order valence-corrected chi connectivity index (χ0v) is 16.3. The van der Waals surface area contributed by atoms with Crippen LogP contribution in [0.5, 0.6) is 0 Å². The number of hydrogen-bond acceptors (Lipinski definition) is 3. The van der Waals surface area contributed by atoms with Crippen molar-refractivity contribution in [2.75, 3.05) is 13.6 Å². The summed E-state index contributed by atoms with van der Waals surface area (Å²) in [5, 5.41) is 0.785. The first-order chi connectivity index (χ1) is 12.9. The Balaban J connectivity index is 2.10. The summed E-state index contributed by atoms with van der Waals surface area (Å²) in [6, 6.07) is 14.6. The fourth-order valence-electron chi connectivity index (χ4n) is 3.08. The van der Waals surface area contributed by atoms with Crippen molar-refractivity contribution in [1.82, 2.24) is 9.80 Å². The molecule has 2 amide bonds. The van der Waals surface area contributed by atoms with Crippen LogP contribution >= 0.6 is 23.2 Å². The number of halogens is 2. The van der Waals surface area contributed by atoms with Gasteiger partial charge in [-0.25, -0.2) is 0 Å². The number of amides is 2. The van der Waals surface area contributed by atoms with Gasteiger partial charge < -0.3 is 4.90 Å². The molecule has 138 valence electrons. The summed E-state index contributed by atoms with van der Waals surface area (Å²) in [7, 11) is 1.79. The highest BCUT2D eigenvalue weighted by atomic mass is 35.5. The highest BCUT2D eigenvalue weighted by Gasteiger charge is 2.40. The van der Waals surface area contributed by atoms with Gasteiger partial charge in [0.2, 0.25) is 0 Å². The fraction of sp³-hybridized carbons (Fsp3) is 0.143. The van der Waals surface area contributed by atoms with E-state index < -0.39 is 0 Å². The van der Waals surface area contributed by atoms with Crippen LogP contribution in [0, 0.1) is 0 Å². The molecule has 0 atom stereocenters. The van der Waals surface area contributed by atoms with E-state index in [0.29, 0.717) is 27.9 Å². The Hall–Kier alpha value is -2.56. The van der Waals surface area contributed by atoms with Gasteiger partial charge in [-0.2, -0.15) is 0 Å². The van der Waals surface area contributed by atoms with Gasteiger partial charge in [0, 0.05) is 30.7 Å². The zero-order valence-electron chi connectivity index (χ0n) is 14.8. The van der Waals surface area contributed by atoms with E-state index in [0.717, 1.165) is 5.56 Å². The molecule has 27 heavy (non-hydrogen) atoms. The SMILES string of the molecule is C=CCN1C(=O)C(c2ccc(Cl)cc2Cl)=C(N(C)Cc2ccccc2)C1=O. The summed E-state index contributed by atoms with van der Waals surface area (Å²) in [5.41, 5.74) is 2.11. The summed E-state index contributed by atoms with van der Waals surface area (Å²) < 4.78 is 0. The predicted octanol–water partition coefficient (Wildman–Crippen LogP) is 4.39. The molecule has 1 aliphatic heterocycles. The molecule has 0 saturated heterocycles. The lowest BCUT2D eigenvalue weighted by Gasteiger charge is -2.21. The molecule has 0 saturated carbocycles. The second-order valence-corrected chi connectivity index (χ2v) is 7.04. The van der Waals surface area contributed by atoms with Crippen molar-refractivity contribution < 1.29 is 9.59 Å². The zero-order chi connectivity index (χ0) is 19.6. The molecule has 0 N–H and O–H groups in total. The highest BCUT2D eigenvalue weighted by molar-refractivity contribution is 6.41. The van der Waals surface area contributed by atoms with Gasteiger partial charge in [0.05, 0.1) is 10.6 Å². The van der Waals surface area contributed by atoms with Crippen LogP contribution in [-0.4, -0.2) is 35.2 Å². The predicted molar refractivity (Wildman–Crippen MR) is 108 cm³/mol. The van der Waals surface area contributed by atoms with Gasteiger partial charge in [0.1, 0.15) is 5.70 Å². The fourth-order valence-corrected chi connectivity index (χ4v) is 3.59. The van der Waals surface area contributed by atoms with E-state index in [1.807, 2.05) is 30.3 Å². The third-order valence-electron chi connectivity index (χ3n) is 4.30. The molecule has 3 rings (SSSR count). The Bertz CT molecular complexity index is 938. The topological polar surface area (TPSA) is 40.6 Å². The molecule has 1 heterocycles. The first-order valence-corrected chi connectivity index (χ1v) is 9.11. The van der Waals surface area contributed by atoms with E-state index in [1.165, 1.54) is 11.0 Å². The number of hydrogen-bond donors (Lipinski definition) is 0. The van der Waals surface area contributed by atoms with Crippen LogP contribution in [-0.2, 0) is 16.1 Å². The molecule has 0 fully saturated rings. The van der Waals surface area contributed by atoms with Crippen LogP contribution in [0.4, 0.5) is 0 Å². The Morgan fingerprint density at radius 3 is 2.41 bits per heavy atom. The number of carbonyl (C=O) groups excluding carboxylic acids is 2. The molecule has 0 spiro atoms. The minimum atomic E-state index is -0.390. The summed E-state index contributed by atoms with van der Waals surface area (Å²) in [6.07, 6.45) is 1.52. The highest BCUT2D eigenvalue weighted by Crippen LogP contribution is 2.36. The number of carbonyl (C=O) groups is 2. The second-order valence-electron chi connectivity index (χ2n) is 6.20. The molecule has 0 unspecified atom stereocenters. The standard InChI is InChI=1S/C21H18Cl2N2O2/c1-3-11-25-20(26)18(16-10-9-15(22)12-17(16)23)19(21(25)27)24(2)13-14-7-5-4-6-8-14/h3-10,12H,1,11,13H2,2H3. The Labute approximate surface area is 168 Å². The largest absolute Gasteiger partial charge is 0.365 e. The molecular weight excluding hydrogens is 383 g/mol. The van der Waals surface area contributed by atoms with Gasteiger partial charge in [0.25, 0.3) is 11.8 Å². The number of benzene rings is 2. The summed E-state index contributed by atoms with van der Waals surface area (Å²) >= 11 is 12.3. The average molecular weight is 401 g/mol. The molecular formula is C21H18Cl2N2O2. The molecule has 4 nitrogen and oxygen atoms in total. The molecule has 0 radical (unpaired) electrons. The van der Waals surface area contributed by atoms with E-state index in [4.69, 9.17) is 23.2 Å². The summed E-state index contributed by atoms with van der Waals surface area (Å²) in [5.74, 6) is -0.751. The van der Waals surface area contributed by atoms with Crippen molar-refractivity contribution >= 4 is 40.6 Å². The quantitative estimate of drug-likeness (QED) is 0.533. The number of nitrogens with zero attached hydrogens (tertiary/aromatic N) is 2. The van der Waals surface area contributed by atoms with Gasteiger partial charge in [-0.3, -0.25) is 14.5 Å². The van der Waals surface area contributed by atoms with E-state index in [2.05, 4.69) is 6.58 Å². The smallest absolute Gasteiger partial charge is 0.278 e. The van der Waals surface area contributed by atoms with Crippen LogP contribution in [0.25, 0.3) is 5.57 Å². The van der Waals surface area contributed by atoms with Crippen molar-refractivity contribution in [3.05, 3.63) is 88.1 Å². The molecule has 1 aliphatic rings. The van der Waals surface area contributed by atoms with E-state index in [9.17, 15) is 9.59 Å². The summed E-state index contributed by atoms with van der Waals surface area (Å²) in [6.45, 7) is 4.25. The molecule has 2 aromatic rings. The van der Waals surface area contributed by atoms with Crippen LogP contribution in [0.15, 0.2) is 66.9 Å². The van der Waals surface area contributed by atoms with E-state index in [-0.39, 0.29) is 23.9 Å². The number of imide groups is 1. The molecule has 6 heteroatoms. The molecule has 2 aromatic carbocycles. The van der Waals surface area contributed by atoms with Crippen LogP contribution in [0.1, 0.15) is 11.1 Å². The van der Waals surface area contributed by atoms with E-state index >= 15 is 0 Å². The van der Waals surface area contributed by atoms with Gasteiger partial charge in [-0.15, -0.1) is 6.58 Å². The summed E-state index contributed by atoms with van der Waals surface area (Å²) in [4.78, 5) is 28.9. The van der Waals surface area contributed by atoms with Gasteiger partial charge in [-0.05, 0) is 17.7 Å². The average Bonchev–Trinajstić information content (AvgIpc) is 2.88. The molecule has 0 aromatic heterocycles. The lowest BCUT2D eigenvalue weighted by atomic mass is 10.0. The first kappa shape index (κ1) is 19.2. The molecule has 0 bridgehead atoms. The lowest BCUT2D eigenvalue weighted by molar-refractivity contribution is -0.136. The minimum Gasteiger partial charge on any atom is -0.365 e. The van der Waals surface area contributed by atoms with Crippen molar-refractivity contribution in [3.63, 3.8) is 0 Å². The van der Waals surface area contributed by atoms with Gasteiger partial charge in [-0.1, -0.05) is 65.7 Å². The third kappa shape index (κ3) is 3.77. The second kappa shape index (κ2) is 7.99. The lowest BCUT2D eigenvalue weighted by Crippen LogP contribution is -2.34. The van der Waals surface area contributed by atoms with Crippen LogP contribution in [0.2, 0.25) is 10.0 Å². The number of rotatable bonds is 6. The monoisotopic (exact) mass is 400 g/mol. The van der Waals surface area contributed by atoms with Crippen molar-refractivity contribution in [1.29, 1.82) is 0 Å². The van der Waals surface area contributed by atoms with Crippen LogP contribution in [0.3, 0.4) is 0 Å². The normalized spacial score (nSPS) is 14.1. The first-order valence-electron chi connectivity index (χ1n) is 8.36. The van der Waals surface area contributed by atoms with Crippen LogP contribution < -0.4 is 0 Å². The maximum absolute atomic E-state index is 13.0. The van der Waals surface area contributed by atoms with Gasteiger partial charge in [0.15, 0.2) is 0 Å². The van der Waals surface area contributed by atoms with Crippen molar-refractivity contribution in [2.24, 2.45) is 0 Å². The van der Waals surface area contributed by atoms with Crippen molar-refractivity contribution in [3.8, 4) is 0 Å². The number of likely N-dealkylation sites (N-methyl/N-ethyl adjacent to an activating group) is 1. The Kier molecular flexibility index (Phi) is 5.68. The molecule has 0 aliphatic carbocycles. The Morgan fingerprint density at radius 1 is 1.07 bits per heavy atom. The third-order valence-corrected chi connectivity index (χ3v) is 4.85. The van der Waals surface area contributed by atoms with E-state index in [1.54, 1.807) is 30.1 Å². The van der Waals surface area contributed by atoms with Crippen molar-refractivity contribution in [2.45, 2.75) is 6.54 Å². The Morgan fingerprint density at radius 2 is 1.78 bits per heavy atom. The maximum Gasteiger partial charge on any atom is 0.278 e. The van der Waals surface area contributed by atoms with Gasteiger partial charge >= 0.3 is 0 Å². The minimum absolute atomic E-state index is 0.134.